The fourth-order valence-corrected chi connectivity index (χ4v) is 2.23. The lowest BCUT2D eigenvalue weighted by molar-refractivity contribution is 0.0773. The number of benzene rings is 1. The van der Waals surface area contributed by atoms with E-state index in [9.17, 15) is 9.90 Å². The zero-order valence-corrected chi connectivity index (χ0v) is 12.5. The number of aryl methyl sites for hydroxylation is 2. The Morgan fingerprint density at radius 3 is 2.81 bits per heavy atom. The molecule has 0 radical (unpaired) electrons. The van der Waals surface area contributed by atoms with E-state index in [1.807, 2.05) is 13.0 Å². The van der Waals surface area contributed by atoms with E-state index in [1.165, 1.54) is 0 Å². The highest BCUT2D eigenvalue weighted by Crippen LogP contribution is 2.19. The summed E-state index contributed by atoms with van der Waals surface area (Å²) in [5.74, 6) is 0.000556. The molecular formula is C15H20N4O2. The molecule has 0 saturated heterocycles. The maximum Gasteiger partial charge on any atom is 0.274 e. The SMILES string of the molecule is CCn1nc(C)c(N)c1C(=O)N(C)Cc1cccc(O)c1. The Morgan fingerprint density at radius 2 is 2.19 bits per heavy atom. The first-order valence-corrected chi connectivity index (χ1v) is 6.80. The number of anilines is 1. The zero-order valence-electron chi connectivity index (χ0n) is 12.5. The smallest absolute Gasteiger partial charge is 0.274 e. The minimum absolute atomic E-state index is 0.182. The van der Waals surface area contributed by atoms with E-state index >= 15 is 0 Å². The lowest BCUT2D eigenvalue weighted by Crippen LogP contribution is -2.29. The first-order valence-electron chi connectivity index (χ1n) is 6.80. The van der Waals surface area contributed by atoms with E-state index in [0.717, 1.165) is 5.56 Å². The number of nitrogen functional groups attached to an aromatic ring is 1. The molecule has 3 N–H and O–H groups in total. The van der Waals surface area contributed by atoms with Gasteiger partial charge in [0.05, 0.1) is 11.4 Å². The van der Waals surface area contributed by atoms with E-state index in [1.54, 1.807) is 41.8 Å². The van der Waals surface area contributed by atoms with Crippen LogP contribution in [0.4, 0.5) is 5.69 Å². The van der Waals surface area contributed by atoms with Crippen LogP contribution in [0.1, 0.15) is 28.7 Å². The van der Waals surface area contributed by atoms with Gasteiger partial charge in [0.1, 0.15) is 11.4 Å². The molecule has 0 fully saturated rings. The number of aromatic hydroxyl groups is 1. The molecule has 0 aliphatic carbocycles. The second-order valence-corrected chi connectivity index (χ2v) is 4.99. The van der Waals surface area contributed by atoms with Crippen molar-refractivity contribution in [2.24, 2.45) is 0 Å². The summed E-state index contributed by atoms with van der Waals surface area (Å²) in [6, 6.07) is 6.83. The highest BCUT2D eigenvalue weighted by molar-refractivity contribution is 5.97. The number of hydrogen-bond acceptors (Lipinski definition) is 4. The van der Waals surface area contributed by atoms with Crippen LogP contribution in [-0.4, -0.2) is 32.7 Å². The fraction of sp³-hybridized carbons (Fsp3) is 0.333. The second kappa shape index (κ2) is 5.87. The number of nitrogens with zero attached hydrogens (tertiary/aromatic N) is 3. The van der Waals surface area contributed by atoms with Gasteiger partial charge in [0, 0.05) is 20.1 Å². The molecule has 21 heavy (non-hydrogen) atoms. The van der Waals surface area contributed by atoms with Gasteiger partial charge in [-0.25, -0.2) is 0 Å². The minimum Gasteiger partial charge on any atom is -0.508 e. The van der Waals surface area contributed by atoms with Gasteiger partial charge in [0.15, 0.2) is 0 Å². The third kappa shape index (κ3) is 2.99. The van der Waals surface area contributed by atoms with Crippen LogP contribution in [0.2, 0.25) is 0 Å². The van der Waals surface area contributed by atoms with Crippen molar-refractivity contribution in [3.05, 3.63) is 41.2 Å². The summed E-state index contributed by atoms with van der Waals surface area (Å²) < 4.78 is 1.62. The molecule has 0 atom stereocenters. The van der Waals surface area contributed by atoms with Crippen molar-refractivity contribution in [1.82, 2.24) is 14.7 Å². The van der Waals surface area contributed by atoms with Gasteiger partial charge in [-0.3, -0.25) is 9.48 Å². The molecule has 1 amide bonds. The van der Waals surface area contributed by atoms with Crippen molar-refractivity contribution in [2.45, 2.75) is 26.9 Å². The van der Waals surface area contributed by atoms with Crippen molar-refractivity contribution in [2.75, 3.05) is 12.8 Å². The number of carbonyl (C=O) groups excluding carboxylic acids is 1. The minimum atomic E-state index is -0.182. The summed E-state index contributed by atoms with van der Waals surface area (Å²) in [5.41, 5.74) is 8.31. The third-order valence-electron chi connectivity index (χ3n) is 3.35. The van der Waals surface area contributed by atoms with E-state index in [4.69, 9.17) is 5.73 Å². The normalized spacial score (nSPS) is 10.6. The van der Waals surface area contributed by atoms with Crippen molar-refractivity contribution in [3.8, 4) is 5.75 Å². The van der Waals surface area contributed by atoms with Gasteiger partial charge in [0.25, 0.3) is 5.91 Å². The number of amides is 1. The summed E-state index contributed by atoms with van der Waals surface area (Å²) >= 11 is 0. The van der Waals surface area contributed by atoms with Crippen LogP contribution in [0.5, 0.6) is 5.75 Å². The molecule has 1 heterocycles. The molecule has 0 saturated carbocycles. The summed E-state index contributed by atoms with van der Waals surface area (Å²) in [5, 5.41) is 13.7. The lowest BCUT2D eigenvalue weighted by atomic mass is 10.2. The van der Waals surface area contributed by atoms with Gasteiger partial charge >= 0.3 is 0 Å². The number of nitrogens with two attached hydrogens (primary N) is 1. The summed E-state index contributed by atoms with van der Waals surface area (Å²) in [6.07, 6.45) is 0. The van der Waals surface area contributed by atoms with Crippen LogP contribution < -0.4 is 5.73 Å². The van der Waals surface area contributed by atoms with Crippen LogP contribution in [0.3, 0.4) is 0 Å². The van der Waals surface area contributed by atoms with Gasteiger partial charge in [0.2, 0.25) is 0 Å². The van der Waals surface area contributed by atoms with Gasteiger partial charge in [-0.2, -0.15) is 5.10 Å². The van der Waals surface area contributed by atoms with Gasteiger partial charge in [-0.15, -0.1) is 0 Å². The van der Waals surface area contributed by atoms with Crippen LogP contribution in [0, 0.1) is 6.92 Å². The molecule has 6 nitrogen and oxygen atoms in total. The average molecular weight is 288 g/mol. The summed E-state index contributed by atoms with van der Waals surface area (Å²) in [7, 11) is 1.70. The van der Waals surface area contributed by atoms with Crippen LogP contribution in [0.25, 0.3) is 0 Å². The molecule has 0 spiro atoms. The maximum atomic E-state index is 12.6. The fourth-order valence-electron chi connectivity index (χ4n) is 2.23. The van der Waals surface area contributed by atoms with Gasteiger partial charge < -0.3 is 15.7 Å². The first-order chi connectivity index (χ1) is 9.93. The van der Waals surface area contributed by atoms with E-state index in [0.29, 0.717) is 30.2 Å². The highest BCUT2D eigenvalue weighted by atomic mass is 16.3. The summed E-state index contributed by atoms with van der Waals surface area (Å²) in [4.78, 5) is 14.1. The largest absolute Gasteiger partial charge is 0.508 e. The number of phenols is 1. The molecule has 0 unspecified atom stereocenters. The number of aromatic nitrogens is 2. The average Bonchev–Trinajstić information content (AvgIpc) is 2.73. The molecule has 6 heteroatoms. The quantitative estimate of drug-likeness (QED) is 0.898. The van der Waals surface area contributed by atoms with E-state index < -0.39 is 0 Å². The molecule has 112 valence electrons. The molecule has 2 aromatic rings. The van der Waals surface area contributed by atoms with Crippen molar-refractivity contribution in [3.63, 3.8) is 0 Å². The Morgan fingerprint density at radius 1 is 1.48 bits per heavy atom. The number of rotatable bonds is 4. The second-order valence-electron chi connectivity index (χ2n) is 4.99. The molecule has 2 rings (SSSR count). The van der Waals surface area contributed by atoms with Crippen molar-refractivity contribution in [1.29, 1.82) is 0 Å². The third-order valence-corrected chi connectivity index (χ3v) is 3.35. The van der Waals surface area contributed by atoms with E-state index in [2.05, 4.69) is 5.10 Å². The number of hydrogen-bond donors (Lipinski definition) is 2. The molecular weight excluding hydrogens is 268 g/mol. The standard InChI is InChI=1S/C15H20N4O2/c1-4-19-14(13(16)10(2)17-19)15(21)18(3)9-11-6-5-7-12(20)8-11/h5-8,20H,4,9,16H2,1-3H3. The molecule has 0 bridgehead atoms. The van der Waals surface area contributed by atoms with Crippen LogP contribution in [-0.2, 0) is 13.1 Å². The lowest BCUT2D eigenvalue weighted by Gasteiger charge is -2.18. The van der Waals surface area contributed by atoms with Crippen LogP contribution in [0.15, 0.2) is 24.3 Å². The Bertz CT molecular complexity index is 664. The van der Waals surface area contributed by atoms with E-state index in [-0.39, 0.29) is 11.7 Å². The molecule has 1 aromatic heterocycles. The maximum absolute atomic E-state index is 12.6. The predicted molar refractivity (Wildman–Crippen MR) is 81.0 cm³/mol. The van der Waals surface area contributed by atoms with Crippen LogP contribution >= 0.6 is 0 Å². The molecule has 0 aliphatic heterocycles. The Labute approximate surface area is 123 Å². The zero-order chi connectivity index (χ0) is 15.6. The Balaban J connectivity index is 2.24. The molecule has 1 aromatic carbocycles. The Hall–Kier alpha value is -2.50. The Kier molecular flexibility index (Phi) is 4.16. The predicted octanol–water partition coefficient (Wildman–Crippen LogP) is 1.77. The van der Waals surface area contributed by atoms with Gasteiger partial charge in [-0.05, 0) is 31.5 Å². The topological polar surface area (TPSA) is 84.4 Å². The number of carbonyl (C=O) groups is 1. The summed E-state index contributed by atoms with van der Waals surface area (Å²) in [6.45, 7) is 4.67. The highest BCUT2D eigenvalue weighted by Gasteiger charge is 2.22. The first kappa shape index (κ1) is 14.9. The number of phenolic OH excluding ortho intramolecular Hbond substituents is 1. The van der Waals surface area contributed by atoms with Crippen molar-refractivity contribution >= 4 is 11.6 Å². The van der Waals surface area contributed by atoms with Crippen molar-refractivity contribution < 1.29 is 9.90 Å². The molecule has 0 aliphatic rings. The van der Waals surface area contributed by atoms with Gasteiger partial charge in [-0.1, -0.05) is 12.1 Å². The monoisotopic (exact) mass is 288 g/mol.